The second-order valence-electron chi connectivity index (χ2n) is 6.27. The third kappa shape index (κ3) is 6.41. The summed E-state index contributed by atoms with van der Waals surface area (Å²) in [6.07, 6.45) is -5.12. The average molecular weight is 411 g/mol. The van der Waals surface area contributed by atoms with E-state index < -0.39 is 36.0 Å². The molecule has 0 spiro atoms. The Morgan fingerprint density at radius 1 is 1.00 bits per heavy atom. The number of anilines is 1. The molecule has 1 unspecified atom stereocenters. The largest absolute Gasteiger partial charge is 0.497 e. The summed E-state index contributed by atoms with van der Waals surface area (Å²) in [5, 5.41) is 11.8. The average Bonchev–Trinajstić information content (AvgIpc) is 2.66. The molecular weight excluding hydrogens is 391 g/mol. The van der Waals surface area contributed by atoms with Crippen molar-refractivity contribution in [3.63, 3.8) is 0 Å². The molecule has 0 saturated carbocycles. The van der Waals surface area contributed by atoms with Gasteiger partial charge in [0.25, 0.3) is 0 Å². The van der Waals surface area contributed by atoms with Crippen LogP contribution in [0.4, 0.5) is 18.9 Å². The molecule has 0 heterocycles. The summed E-state index contributed by atoms with van der Waals surface area (Å²) < 4.78 is 48.4. The standard InChI is InChI=1S/C20H20F3NO5/c1-28-16-9-15(10-17(11-16)29-2)24-18(25)7-13(8-19(26)27)12-3-5-14(6-4-12)20(21,22)23/h3-6,9-11,13H,7-8H2,1-2H3,(H,24,25)(H,26,27). The molecule has 156 valence electrons. The number of hydrogen-bond acceptors (Lipinski definition) is 4. The number of ether oxygens (including phenoxy) is 2. The minimum Gasteiger partial charge on any atom is -0.497 e. The number of rotatable bonds is 8. The van der Waals surface area contributed by atoms with Crippen molar-refractivity contribution in [2.45, 2.75) is 24.9 Å². The number of benzene rings is 2. The first-order valence-electron chi connectivity index (χ1n) is 8.54. The van der Waals surface area contributed by atoms with Crippen LogP contribution in [0.2, 0.25) is 0 Å². The van der Waals surface area contributed by atoms with E-state index in [0.717, 1.165) is 12.1 Å². The Labute approximate surface area is 165 Å². The first kappa shape index (κ1) is 22.1. The number of halogens is 3. The van der Waals surface area contributed by atoms with E-state index in [9.17, 15) is 22.8 Å². The minimum absolute atomic E-state index is 0.225. The number of alkyl halides is 3. The summed E-state index contributed by atoms with van der Waals surface area (Å²) in [7, 11) is 2.90. The minimum atomic E-state index is -4.50. The van der Waals surface area contributed by atoms with Crippen molar-refractivity contribution in [1.82, 2.24) is 0 Å². The van der Waals surface area contributed by atoms with Crippen molar-refractivity contribution in [2.75, 3.05) is 19.5 Å². The molecule has 6 nitrogen and oxygen atoms in total. The zero-order chi connectivity index (χ0) is 21.6. The van der Waals surface area contributed by atoms with E-state index in [1.54, 1.807) is 18.2 Å². The van der Waals surface area contributed by atoms with Gasteiger partial charge in [-0.25, -0.2) is 0 Å². The lowest BCUT2D eigenvalue weighted by Gasteiger charge is -2.17. The molecule has 9 heteroatoms. The lowest BCUT2D eigenvalue weighted by Crippen LogP contribution is -2.18. The monoisotopic (exact) mass is 411 g/mol. The van der Waals surface area contributed by atoms with Crippen LogP contribution in [0.5, 0.6) is 11.5 Å². The van der Waals surface area contributed by atoms with Gasteiger partial charge in [0.2, 0.25) is 5.91 Å². The van der Waals surface area contributed by atoms with E-state index in [1.165, 1.54) is 26.4 Å². The number of hydrogen-bond donors (Lipinski definition) is 2. The number of carboxylic acids is 1. The molecule has 2 aromatic carbocycles. The number of nitrogens with one attached hydrogen (secondary N) is 1. The predicted octanol–water partition coefficient (Wildman–Crippen LogP) is 4.31. The quantitative estimate of drug-likeness (QED) is 0.676. The molecule has 2 aromatic rings. The number of carbonyl (C=O) groups is 2. The van der Waals surface area contributed by atoms with Crippen LogP contribution in [0.1, 0.15) is 29.9 Å². The van der Waals surface area contributed by atoms with Crippen LogP contribution in [0.15, 0.2) is 42.5 Å². The van der Waals surface area contributed by atoms with E-state index in [0.29, 0.717) is 22.7 Å². The summed E-state index contributed by atoms with van der Waals surface area (Å²) in [4.78, 5) is 23.6. The van der Waals surface area contributed by atoms with Gasteiger partial charge in [0, 0.05) is 36.2 Å². The van der Waals surface area contributed by atoms with Crippen LogP contribution in [-0.4, -0.2) is 31.2 Å². The summed E-state index contributed by atoms with van der Waals surface area (Å²) in [5.41, 5.74) is -0.130. The number of carboxylic acid groups (broad SMARTS) is 1. The fraction of sp³-hybridized carbons (Fsp3) is 0.300. The van der Waals surface area contributed by atoms with Gasteiger partial charge in [-0.3, -0.25) is 9.59 Å². The zero-order valence-corrected chi connectivity index (χ0v) is 15.7. The summed E-state index contributed by atoms with van der Waals surface area (Å²) in [6.45, 7) is 0. The molecule has 0 fully saturated rings. The van der Waals surface area contributed by atoms with Gasteiger partial charge in [0.1, 0.15) is 11.5 Å². The van der Waals surface area contributed by atoms with Crippen molar-refractivity contribution in [2.24, 2.45) is 0 Å². The maximum absolute atomic E-state index is 12.7. The third-order valence-electron chi connectivity index (χ3n) is 4.20. The maximum atomic E-state index is 12.7. The fourth-order valence-corrected chi connectivity index (χ4v) is 2.78. The van der Waals surface area contributed by atoms with Crippen molar-refractivity contribution in [3.8, 4) is 11.5 Å². The topological polar surface area (TPSA) is 84.9 Å². The number of carbonyl (C=O) groups excluding carboxylic acids is 1. The molecule has 0 aromatic heterocycles. The van der Waals surface area contributed by atoms with Crippen molar-refractivity contribution in [3.05, 3.63) is 53.6 Å². The van der Waals surface area contributed by atoms with Crippen molar-refractivity contribution in [1.29, 1.82) is 0 Å². The van der Waals surface area contributed by atoms with Crippen LogP contribution in [0.25, 0.3) is 0 Å². The number of methoxy groups -OCH3 is 2. The van der Waals surface area contributed by atoms with Crippen LogP contribution < -0.4 is 14.8 Å². The van der Waals surface area contributed by atoms with Crippen LogP contribution >= 0.6 is 0 Å². The lowest BCUT2D eigenvalue weighted by molar-refractivity contribution is -0.138. The second kappa shape index (κ2) is 9.31. The molecule has 0 bridgehead atoms. The Bertz CT molecular complexity index is 843. The van der Waals surface area contributed by atoms with Gasteiger partial charge in [-0.15, -0.1) is 0 Å². The molecule has 2 rings (SSSR count). The van der Waals surface area contributed by atoms with E-state index in [4.69, 9.17) is 14.6 Å². The SMILES string of the molecule is COc1cc(NC(=O)CC(CC(=O)O)c2ccc(C(F)(F)F)cc2)cc(OC)c1. The maximum Gasteiger partial charge on any atom is 0.416 e. The third-order valence-corrected chi connectivity index (χ3v) is 4.20. The molecule has 0 aliphatic rings. The molecule has 29 heavy (non-hydrogen) atoms. The Kier molecular flexibility index (Phi) is 7.08. The van der Waals surface area contributed by atoms with Crippen LogP contribution in [0, 0.1) is 0 Å². The number of aliphatic carboxylic acids is 1. The Morgan fingerprint density at radius 2 is 1.55 bits per heavy atom. The van der Waals surface area contributed by atoms with Gasteiger partial charge >= 0.3 is 12.1 Å². The number of amides is 1. The van der Waals surface area contributed by atoms with Gasteiger partial charge in [0.15, 0.2) is 0 Å². The van der Waals surface area contributed by atoms with Gasteiger partial charge in [-0.05, 0) is 17.7 Å². The molecule has 0 aliphatic heterocycles. The lowest BCUT2D eigenvalue weighted by atomic mass is 9.91. The second-order valence-corrected chi connectivity index (χ2v) is 6.27. The Morgan fingerprint density at radius 3 is 2.00 bits per heavy atom. The van der Waals surface area contributed by atoms with E-state index >= 15 is 0 Å². The normalized spacial score (nSPS) is 12.2. The van der Waals surface area contributed by atoms with Gasteiger partial charge in [-0.1, -0.05) is 12.1 Å². The highest BCUT2D eigenvalue weighted by Gasteiger charge is 2.30. The van der Waals surface area contributed by atoms with Gasteiger partial charge in [-0.2, -0.15) is 13.2 Å². The van der Waals surface area contributed by atoms with Gasteiger partial charge in [0.05, 0.1) is 26.2 Å². The fourth-order valence-electron chi connectivity index (χ4n) is 2.78. The molecule has 0 saturated heterocycles. The smallest absolute Gasteiger partial charge is 0.416 e. The first-order chi connectivity index (χ1) is 13.6. The van der Waals surface area contributed by atoms with E-state index in [-0.39, 0.29) is 6.42 Å². The first-order valence-corrected chi connectivity index (χ1v) is 8.54. The molecule has 0 aliphatic carbocycles. The van der Waals surface area contributed by atoms with Crippen LogP contribution in [0.3, 0.4) is 0 Å². The highest BCUT2D eigenvalue weighted by molar-refractivity contribution is 5.92. The molecule has 1 atom stereocenters. The Hall–Kier alpha value is -3.23. The van der Waals surface area contributed by atoms with E-state index in [2.05, 4.69) is 5.32 Å². The van der Waals surface area contributed by atoms with Crippen molar-refractivity contribution >= 4 is 17.6 Å². The summed E-state index contributed by atoms with van der Waals surface area (Å²) >= 11 is 0. The predicted molar refractivity (Wildman–Crippen MR) is 99.2 cm³/mol. The molecule has 0 radical (unpaired) electrons. The molecular formula is C20H20F3NO5. The highest BCUT2D eigenvalue weighted by Crippen LogP contribution is 2.32. The van der Waals surface area contributed by atoms with Crippen molar-refractivity contribution < 1.29 is 37.3 Å². The zero-order valence-electron chi connectivity index (χ0n) is 15.7. The van der Waals surface area contributed by atoms with E-state index in [1.807, 2.05) is 0 Å². The van der Waals surface area contributed by atoms with Gasteiger partial charge < -0.3 is 19.9 Å². The molecule has 2 N–H and O–H groups in total. The molecule has 1 amide bonds. The van der Waals surface area contributed by atoms with Crippen LogP contribution in [-0.2, 0) is 15.8 Å². The highest BCUT2D eigenvalue weighted by atomic mass is 19.4. The Balaban J connectivity index is 2.17. The summed E-state index contributed by atoms with van der Waals surface area (Å²) in [5.74, 6) is -1.55. The summed E-state index contributed by atoms with van der Waals surface area (Å²) in [6, 6.07) is 8.86.